The van der Waals surface area contributed by atoms with Crippen molar-refractivity contribution >= 4 is 17.8 Å². The Morgan fingerprint density at radius 1 is 1.08 bits per heavy atom. The highest BCUT2D eigenvalue weighted by molar-refractivity contribution is 5.96. The fourth-order valence-corrected chi connectivity index (χ4v) is 2.38. The minimum absolute atomic E-state index is 0.0979. The summed E-state index contributed by atoms with van der Waals surface area (Å²) in [5.41, 5.74) is 6.04. The molecule has 3 rings (SSSR count). The maximum atomic E-state index is 12.1. The second-order valence-electron chi connectivity index (χ2n) is 5.43. The molecule has 8 heteroatoms. The van der Waals surface area contributed by atoms with Gasteiger partial charge in [0.15, 0.2) is 11.5 Å². The molecule has 0 fully saturated rings. The summed E-state index contributed by atoms with van der Waals surface area (Å²) in [4.78, 5) is 35.6. The summed E-state index contributed by atoms with van der Waals surface area (Å²) in [6, 6.07) is 13.1. The summed E-state index contributed by atoms with van der Waals surface area (Å²) in [7, 11) is 0. The number of nitrogens with two attached hydrogens (primary N) is 1. The SMILES string of the molecule is NC(=O)[C@@H](OC(=O)CNC(=O)c1ccc2c(c1)OCO2)c1ccccc1. The third kappa shape index (κ3) is 3.92. The van der Waals surface area contributed by atoms with E-state index in [0.717, 1.165) is 0 Å². The number of primary amides is 1. The van der Waals surface area contributed by atoms with Crippen molar-refractivity contribution in [2.24, 2.45) is 5.73 Å². The van der Waals surface area contributed by atoms with Gasteiger partial charge < -0.3 is 25.3 Å². The Kier molecular flexibility index (Phi) is 5.02. The van der Waals surface area contributed by atoms with Crippen LogP contribution in [0.2, 0.25) is 0 Å². The lowest BCUT2D eigenvalue weighted by Gasteiger charge is -2.15. The van der Waals surface area contributed by atoms with Crippen LogP contribution < -0.4 is 20.5 Å². The van der Waals surface area contributed by atoms with Crippen molar-refractivity contribution in [2.75, 3.05) is 13.3 Å². The Morgan fingerprint density at radius 2 is 1.81 bits per heavy atom. The Labute approximate surface area is 148 Å². The van der Waals surface area contributed by atoms with Crippen molar-refractivity contribution in [3.05, 3.63) is 59.7 Å². The average molecular weight is 356 g/mol. The van der Waals surface area contributed by atoms with E-state index in [-0.39, 0.29) is 6.79 Å². The van der Waals surface area contributed by atoms with E-state index in [1.807, 2.05) is 0 Å². The van der Waals surface area contributed by atoms with Crippen LogP contribution in [0.3, 0.4) is 0 Å². The zero-order valence-electron chi connectivity index (χ0n) is 13.6. The monoisotopic (exact) mass is 356 g/mol. The molecule has 0 aromatic heterocycles. The molecule has 26 heavy (non-hydrogen) atoms. The molecule has 3 N–H and O–H groups in total. The number of benzene rings is 2. The second-order valence-corrected chi connectivity index (χ2v) is 5.43. The van der Waals surface area contributed by atoms with Gasteiger partial charge in [0.2, 0.25) is 12.9 Å². The zero-order chi connectivity index (χ0) is 18.5. The maximum Gasteiger partial charge on any atom is 0.326 e. The lowest BCUT2D eigenvalue weighted by molar-refractivity contribution is -0.154. The van der Waals surface area contributed by atoms with Crippen LogP contribution in [-0.4, -0.2) is 31.1 Å². The van der Waals surface area contributed by atoms with Crippen molar-refractivity contribution in [1.82, 2.24) is 5.32 Å². The van der Waals surface area contributed by atoms with E-state index in [1.54, 1.807) is 42.5 Å². The second kappa shape index (κ2) is 7.56. The first-order chi connectivity index (χ1) is 12.5. The number of amides is 2. The van der Waals surface area contributed by atoms with Gasteiger partial charge in [-0.15, -0.1) is 0 Å². The summed E-state index contributed by atoms with van der Waals surface area (Å²) < 4.78 is 15.5. The van der Waals surface area contributed by atoms with Crippen molar-refractivity contribution < 1.29 is 28.6 Å². The summed E-state index contributed by atoms with van der Waals surface area (Å²) in [6.45, 7) is -0.315. The smallest absolute Gasteiger partial charge is 0.326 e. The fraction of sp³-hybridized carbons (Fsp3) is 0.167. The minimum atomic E-state index is -1.22. The molecule has 2 aromatic carbocycles. The van der Waals surface area contributed by atoms with Gasteiger partial charge in [-0.3, -0.25) is 14.4 Å². The lowest BCUT2D eigenvalue weighted by atomic mass is 10.1. The van der Waals surface area contributed by atoms with Crippen LogP contribution in [0.1, 0.15) is 22.0 Å². The molecule has 0 saturated carbocycles. The highest BCUT2D eigenvalue weighted by Gasteiger charge is 2.23. The average Bonchev–Trinajstić information content (AvgIpc) is 3.12. The minimum Gasteiger partial charge on any atom is -0.454 e. The maximum absolute atomic E-state index is 12.1. The number of carbonyl (C=O) groups is 3. The first kappa shape index (κ1) is 17.3. The van der Waals surface area contributed by atoms with Gasteiger partial charge in [0.1, 0.15) is 6.54 Å². The van der Waals surface area contributed by atoms with E-state index in [0.29, 0.717) is 22.6 Å². The molecule has 0 unspecified atom stereocenters. The molecule has 1 aliphatic heterocycles. The van der Waals surface area contributed by atoms with Crippen LogP contribution in [0.5, 0.6) is 11.5 Å². The van der Waals surface area contributed by atoms with Gasteiger partial charge in [0.05, 0.1) is 0 Å². The largest absolute Gasteiger partial charge is 0.454 e. The van der Waals surface area contributed by atoms with Gasteiger partial charge in [0, 0.05) is 11.1 Å². The first-order valence-corrected chi connectivity index (χ1v) is 7.76. The van der Waals surface area contributed by atoms with Crippen molar-refractivity contribution in [2.45, 2.75) is 6.10 Å². The standard InChI is InChI=1S/C18H16N2O6/c19-17(22)16(11-4-2-1-3-5-11)26-15(21)9-20-18(23)12-6-7-13-14(8-12)25-10-24-13/h1-8,16H,9-10H2,(H2,19,22)(H,20,23)/t16-/m0/s1. The molecule has 1 atom stereocenters. The Hall–Kier alpha value is -3.55. The molecule has 8 nitrogen and oxygen atoms in total. The Morgan fingerprint density at radius 3 is 2.54 bits per heavy atom. The number of carbonyl (C=O) groups excluding carboxylic acids is 3. The van der Waals surface area contributed by atoms with E-state index in [9.17, 15) is 14.4 Å². The molecule has 2 amide bonds. The molecule has 1 aliphatic rings. The molecule has 0 saturated heterocycles. The van der Waals surface area contributed by atoms with Gasteiger partial charge in [0.25, 0.3) is 11.8 Å². The molecule has 2 aromatic rings. The molecule has 0 spiro atoms. The summed E-state index contributed by atoms with van der Waals surface area (Å²) >= 11 is 0. The van der Waals surface area contributed by atoms with E-state index in [1.165, 1.54) is 6.07 Å². The van der Waals surface area contributed by atoms with Gasteiger partial charge in [-0.25, -0.2) is 0 Å². The molecule has 0 bridgehead atoms. The molecule has 134 valence electrons. The third-order valence-corrected chi connectivity index (χ3v) is 3.64. The van der Waals surface area contributed by atoms with E-state index >= 15 is 0 Å². The van der Waals surface area contributed by atoms with E-state index < -0.39 is 30.4 Å². The number of fused-ring (bicyclic) bond motifs is 1. The quantitative estimate of drug-likeness (QED) is 0.743. The Bertz CT molecular complexity index is 837. The fourth-order valence-electron chi connectivity index (χ4n) is 2.38. The van der Waals surface area contributed by atoms with Crippen molar-refractivity contribution in [1.29, 1.82) is 0 Å². The van der Waals surface area contributed by atoms with Gasteiger partial charge in [-0.2, -0.15) is 0 Å². The number of hydrogen-bond acceptors (Lipinski definition) is 6. The highest BCUT2D eigenvalue weighted by Crippen LogP contribution is 2.32. The van der Waals surface area contributed by atoms with E-state index in [2.05, 4.69) is 5.32 Å². The number of hydrogen-bond donors (Lipinski definition) is 2. The molecular formula is C18H16N2O6. The summed E-state index contributed by atoms with van der Waals surface area (Å²) in [6.07, 6.45) is -1.22. The van der Waals surface area contributed by atoms with Gasteiger partial charge in [-0.05, 0) is 18.2 Å². The summed E-state index contributed by atoms with van der Waals surface area (Å²) in [5.74, 6) is -1.07. The van der Waals surface area contributed by atoms with Crippen LogP contribution in [0.15, 0.2) is 48.5 Å². The Balaban J connectivity index is 1.58. The molecule has 1 heterocycles. The normalized spacial score (nSPS) is 12.9. The van der Waals surface area contributed by atoms with Crippen LogP contribution in [0.25, 0.3) is 0 Å². The van der Waals surface area contributed by atoms with Gasteiger partial charge in [-0.1, -0.05) is 30.3 Å². The number of rotatable bonds is 6. The predicted octanol–water partition coefficient (Wildman–Crippen LogP) is 0.915. The summed E-state index contributed by atoms with van der Waals surface area (Å²) in [5, 5.41) is 2.42. The number of nitrogens with one attached hydrogen (secondary N) is 1. The van der Waals surface area contributed by atoms with Crippen molar-refractivity contribution in [3.63, 3.8) is 0 Å². The lowest BCUT2D eigenvalue weighted by Crippen LogP contribution is -2.33. The van der Waals surface area contributed by atoms with Crippen LogP contribution in [0.4, 0.5) is 0 Å². The molecule has 0 aliphatic carbocycles. The molecular weight excluding hydrogens is 340 g/mol. The topological polar surface area (TPSA) is 117 Å². The van der Waals surface area contributed by atoms with Crippen LogP contribution in [-0.2, 0) is 14.3 Å². The number of ether oxygens (including phenoxy) is 3. The zero-order valence-corrected chi connectivity index (χ0v) is 13.6. The van der Waals surface area contributed by atoms with Crippen LogP contribution >= 0.6 is 0 Å². The van der Waals surface area contributed by atoms with Crippen molar-refractivity contribution in [3.8, 4) is 11.5 Å². The first-order valence-electron chi connectivity index (χ1n) is 7.76. The highest BCUT2D eigenvalue weighted by atomic mass is 16.7. The van der Waals surface area contributed by atoms with Crippen LogP contribution in [0, 0.1) is 0 Å². The molecule has 0 radical (unpaired) electrons. The van der Waals surface area contributed by atoms with E-state index in [4.69, 9.17) is 19.9 Å². The van der Waals surface area contributed by atoms with Gasteiger partial charge >= 0.3 is 5.97 Å². The number of esters is 1. The predicted molar refractivity (Wildman–Crippen MR) is 89.4 cm³/mol. The third-order valence-electron chi connectivity index (χ3n) is 3.64.